The van der Waals surface area contributed by atoms with Crippen LogP contribution in [0.1, 0.15) is 24.1 Å². The number of carbonyl (C=O) groups excluding carboxylic acids is 1. The summed E-state index contributed by atoms with van der Waals surface area (Å²) in [5, 5.41) is 14.9. The van der Waals surface area contributed by atoms with Crippen molar-refractivity contribution in [1.29, 1.82) is 0 Å². The van der Waals surface area contributed by atoms with Gasteiger partial charge in [0.05, 0.1) is 18.7 Å². The highest BCUT2D eigenvalue weighted by Crippen LogP contribution is 2.28. The van der Waals surface area contributed by atoms with Gasteiger partial charge in [-0.15, -0.1) is 0 Å². The van der Waals surface area contributed by atoms with E-state index >= 15 is 0 Å². The Morgan fingerprint density at radius 3 is 2.43 bits per heavy atom. The van der Waals surface area contributed by atoms with Crippen LogP contribution in [0.5, 0.6) is 0 Å². The molecule has 2 rings (SSSR count). The summed E-state index contributed by atoms with van der Waals surface area (Å²) in [5.74, 6) is -0.356. The van der Waals surface area contributed by atoms with Crippen molar-refractivity contribution in [3.8, 4) is 0 Å². The number of hydrogen-bond donors (Lipinski definition) is 3. The molecule has 2 amide bonds. The number of rotatable bonds is 5. The molecule has 0 radical (unpaired) electrons. The molecular formula is C17H18ClFN2O2. The number of halogens is 2. The number of hydrogen-bond acceptors (Lipinski definition) is 2. The third kappa shape index (κ3) is 4.68. The van der Waals surface area contributed by atoms with E-state index in [-0.39, 0.29) is 18.5 Å². The minimum atomic E-state index is -0.532. The van der Waals surface area contributed by atoms with Gasteiger partial charge in [-0.25, -0.2) is 9.18 Å². The van der Waals surface area contributed by atoms with Crippen molar-refractivity contribution in [2.75, 3.05) is 6.61 Å². The van der Waals surface area contributed by atoms with Gasteiger partial charge >= 0.3 is 6.03 Å². The van der Waals surface area contributed by atoms with E-state index in [4.69, 9.17) is 16.7 Å². The predicted molar refractivity (Wildman–Crippen MR) is 87.9 cm³/mol. The van der Waals surface area contributed by atoms with Gasteiger partial charge in [-0.2, -0.15) is 0 Å². The number of aliphatic hydroxyl groups is 1. The minimum Gasteiger partial charge on any atom is -0.394 e. The van der Waals surface area contributed by atoms with Gasteiger partial charge in [0.15, 0.2) is 0 Å². The maximum absolute atomic E-state index is 13.2. The lowest BCUT2D eigenvalue weighted by Crippen LogP contribution is -2.44. The molecule has 0 heterocycles. The molecule has 23 heavy (non-hydrogen) atoms. The molecule has 2 aromatic rings. The van der Waals surface area contributed by atoms with Crippen molar-refractivity contribution in [2.45, 2.75) is 19.0 Å². The highest BCUT2D eigenvalue weighted by atomic mass is 35.5. The van der Waals surface area contributed by atoms with Crippen LogP contribution in [0.15, 0.2) is 48.5 Å². The summed E-state index contributed by atoms with van der Waals surface area (Å²) in [6.07, 6.45) is 0. The van der Waals surface area contributed by atoms with Crippen LogP contribution >= 0.6 is 11.6 Å². The van der Waals surface area contributed by atoms with Crippen LogP contribution in [-0.4, -0.2) is 23.8 Å². The van der Waals surface area contributed by atoms with E-state index < -0.39 is 12.1 Å². The van der Waals surface area contributed by atoms with E-state index in [0.29, 0.717) is 16.1 Å². The molecule has 0 saturated carbocycles. The standard InChI is InChI=1S/C17H18ClFN2O2/c1-11(10-22)20-17(23)21-16(12-6-8-13(19)9-7-12)14-4-2-3-5-15(14)18/h2-9,11,16,22H,10H2,1H3,(H2,20,21,23). The number of amides is 2. The first-order valence-electron chi connectivity index (χ1n) is 7.19. The van der Waals surface area contributed by atoms with E-state index in [2.05, 4.69) is 10.6 Å². The first-order valence-corrected chi connectivity index (χ1v) is 7.57. The molecule has 0 aliphatic rings. The second kappa shape index (κ2) is 7.94. The molecule has 122 valence electrons. The second-order valence-electron chi connectivity index (χ2n) is 5.21. The summed E-state index contributed by atoms with van der Waals surface area (Å²) in [4.78, 5) is 12.1. The lowest BCUT2D eigenvalue weighted by atomic mass is 9.98. The largest absolute Gasteiger partial charge is 0.394 e. The molecule has 2 atom stereocenters. The smallest absolute Gasteiger partial charge is 0.315 e. The molecule has 4 nitrogen and oxygen atoms in total. The zero-order valence-electron chi connectivity index (χ0n) is 12.6. The summed E-state index contributed by atoms with van der Waals surface area (Å²) in [7, 11) is 0. The van der Waals surface area contributed by atoms with Crippen LogP contribution in [-0.2, 0) is 0 Å². The fourth-order valence-corrected chi connectivity index (χ4v) is 2.39. The molecule has 0 saturated heterocycles. The number of benzene rings is 2. The Balaban J connectivity index is 2.30. The highest BCUT2D eigenvalue weighted by Gasteiger charge is 2.20. The lowest BCUT2D eigenvalue weighted by molar-refractivity contribution is 0.219. The zero-order valence-corrected chi connectivity index (χ0v) is 13.3. The Bertz CT molecular complexity index is 664. The average molecular weight is 337 g/mol. The molecule has 0 aliphatic heterocycles. The van der Waals surface area contributed by atoms with E-state index in [0.717, 1.165) is 0 Å². The molecule has 2 aromatic carbocycles. The van der Waals surface area contributed by atoms with Gasteiger partial charge in [0.1, 0.15) is 5.82 Å². The molecule has 0 spiro atoms. The third-order valence-corrected chi connectivity index (χ3v) is 3.69. The Labute approximate surface area is 139 Å². The van der Waals surface area contributed by atoms with Crippen LogP contribution in [0.4, 0.5) is 9.18 Å². The SMILES string of the molecule is CC(CO)NC(=O)NC(c1ccc(F)cc1)c1ccccc1Cl. The first-order chi connectivity index (χ1) is 11.0. The summed E-state index contributed by atoms with van der Waals surface area (Å²) >= 11 is 6.23. The van der Waals surface area contributed by atoms with Crippen LogP contribution in [0.25, 0.3) is 0 Å². The van der Waals surface area contributed by atoms with Crippen LogP contribution in [0.3, 0.4) is 0 Å². The fourth-order valence-electron chi connectivity index (χ4n) is 2.15. The Morgan fingerprint density at radius 1 is 1.17 bits per heavy atom. The van der Waals surface area contributed by atoms with Gasteiger partial charge in [-0.3, -0.25) is 0 Å². The zero-order chi connectivity index (χ0) is 16.8. The van der Waals surface area contributed by atoms with Crippen LogP contribution in [0, 0.1) is 5.82 Å². The Morgan fingerprint density at radius 2 is 1.83 bits per heavy atom. The van der Waals surface area contributed by atoms with Crippen molar-refractivity contribution in [3.63, 3.8) is 0 Å². The summed E-state index contributed by atoms with van der Waals surface area (Å²) < 4.78 is 13.2. The highest BCUT2D eigenvalue weighted by molar-refractivity contribution is 6.31. The van der Waals surface area contributed by atoms with Crippen molar-refractivity contribution in [1.82, 2.24) is 10.6 Å². The van der Waals surface area contributed by atoms with Gasteiger partial charge < -0.3 is 15.7 Å². The molecular weight excluding hydrogens is 319 g/mol. The van der Waals surface area contributed by atoms with Crippen molar-refractivity contribution >= 4 is 17.6 Å². The number of aliphatic hydroxyl groups excluding tert-OH is 1. The van der Waals surface area contributed by atoms with E-state index in [9.17, 15) is 9.18 Å². The third-order valence-electron chi connectivity index (χ3n) is 3.35. The van der Waals surface area contributed by atoms with E-state index in [1.165, 1.54) is 12.1 Å². The van der Waals surface area contributed by atoms with Crippen molar-refractivity contribution < 1.29 is 14.3 Å². The molecule has 2 unspecified atom stereocenters. The average Bonchev–Trinajstić information content (AvgIpc) is 2.54. The lowest BCUT2D eigenvalue weighted by Gasteiger charge is -2.22. The van der Waals surface area contributed by atoms with Gasteiger partial charge in [-0.1, -0.05) is 41.9 Å². The van der Waals surface area contributed by atoms with E-state index in [1.807, 2.05) is 6.07 Å². The number of carbonyl (C=O) groups is 1. The topological polar surface area (TPSA) is 61.4 Å². The quantitative estimate of drug-likeness (QED) is 0.785. The monoisotopic (exact) mass is 336 g/mol. The Hall–Kier alpha value is -2.11. The van der Waals surface area contributed by atoms with E-state index in [1.54, 1.807) is 37.3 Å². The number of urea groups is 1. The first kappa shape index (κ1) is 17.2. The second-order valence-corrected chi connectivity index (χ2v) is 5.61. The summed E-state index contributed by atoms with van der Waals surface area (Å²) in [6.45, 7) is 1.52. The van der Waals surface area contributed by atoms with Crippen molar-refractivity contribution in [3.05, 3.63) is 70.5 Å². The van der Waals surface area contributed by atoms with Gasteiger partial charge in [0.25, 0.3) is 0 Å². The summed E-state index contributed by atoms with van der Waals surface area (Å²) in [6, 6.07) is 11.6. The van der Waals surface area contributed by atoms with Crippen molar-refractivity contribution in [2.24, 2.45) is 0 Å². The van der Waals surface area contributed by atoms with Gasteiger partial charge in [-0.05, 0) is 36.2 Å². The van der Waals surface area contributed by atoms with Crippen LogP contribution in [0.2, 0.25) is 5.02 Å². The Kier molecular flexibility index (Phi) is 5.96. The van der Waals surface area contributed by atoms with Gasteiger partial charge in [0, 0.05) is 5.02 Å². The normalized spacial score (nSPS) is 13.2. The molecule has 3 N–H and O–H groups in total. The summed E-state index contributed by atoms with van der Waals surface area (Å²) in [5.41, 5.74) is 1.40. The van der Waals surface area contributed by atoms with Crippen LogP contribution < -0.4 is 10.6 Å². The molecule has 0 aliphatic carbocycles. The maximum atomic E-state index is 13.2. The molecule has 0 aromatic heterocycles. The fraction of sp³-hybridized carbons (Fsp3) is 0.235. The maximum Gasteiger partial charge on any atom is 0.315 e. The molecule has 6 heteroatoms. The van der Waals surface area contributed by atoms with Gasteiger partial charge in [0.2, 0.25) is 0 Å². The molecule has 0 fully saturated rings. The minimum absolute atomic E-state index is 0.166. The molecule has 0 bridgehead atoms. The predicted octanol–water partition coefficient (Wildman–Crippen LogP) is 3.25. The number of nitrogens with one attached hydrogen (secondary N) is 2.